The third kappa shape index (κ3) is 3.46. The van der Waals surface area contributed by atoms with Crippen LogP contribution in [0.5, 0.6) is 0 Å². The highest BCUT2D eigenvalue weighted by Gasteiger charge is 2.28. The zero-order valence-corrected chi connectivity index (χ0v) is 11.8. The average molecular weight is 294 g/mol. The average Bonchev–Trinajstić information content (AvgIpc) is 2.47. The molecule has 1 aromatic heterocycles. The van der Waals surface area contributed by atoms with Gasteiger partial charge in [-0.3, -0.25) is 14.9 Å². The van der Waals surface area contributed by atoms with E-state index in [9.17, 15) is 14.9 Å². The summed E-state index contributed by atoms with van der Waals surface area (Å²) in [4.78, 5) is 28.1. The number of nitro groups is 1. The van der Waals surface area contributed by atoms with E-state index in [0.29, 0.717) is 25.6 Å². The van der Waals surface area contributed by atoms with Crippen molar-refractivity contribution in [3.63, 3.8) is 0 Å². The van der Waals surface area contributed by atoms with E-state index in [4.69, 9.17) is 10.5 Å². The van der Waals surface area contributed by atoms with Crippen LogP contribution in [-0.2, 0) is 4.74 Å². The second kappa shape index (κ2) is 6.49. The first-order valence-corrected chi connectivity index (χ1v) is 6.71. The van der Waals surface area contributed by atoms with E-state index >= 15 is 0 Å². The van der Waals surface area contributed by atoms with Gasteiger partial charge in [0.05, 0.1) is 4.92 Å². The molecule has 114 valence electrons. The molecule has 0 aromatic carbocycles. The van der Waals surface area contributed by atoms with Crippen molar-refractivity contribution in [1.29, 1.82) is 0 Å². The van der Waals surface area contributed by atoms with Gasteiger partial charge in [0.25, 0.3) is 11.6 Å². The number of carbonyl (C=O) groups is 1. The lowest BCUT2D eigenvalue weighted by Crippen LogP contribution is -2.39. The van der Waals surface area contributed by atoms with Crippen molar-refractivity contribution in [3.8, 4) is 0 Å². The Kier molecular flexibility index (Phi) is 4.69. The van der Waals surface area contributed by atoms with Crippen LogP contribution >= 0.6 is 0 Å². The number of nitrogen functional groups attached to an aromatic ring is 1. The molecule has 1 aliphatic heterocycles. The lowest BCUT2D eigenvalue weighted by atomic mass is 9.97. The third-order valence-corrected chi connectivity index (χ3v) is 3.64. The second-order valence-electron chi connectivity index (χ2n) is 5.07. The number of pyridine rings is 1. The Bertz CT molecular complexity index is 541. The van der Waals surface area contributed by atoms with Crippen molar-refractivity contribution in [1.82, 2.24) is 9.88 Å². The Morgan fingerprint density at radius 3 is 2.81 bits per heavy atom. The molecule has 1 fully saturated rings. The fourth-order valence-electron chi connectivity index (χ4n) is 2.49. The second-order valence-corrected chi connectivity index (χ2v) is 5.07. The van der Waals surface area contributed by atoms with Crippen molar-refractivity contribution in [2.75, 3.05) is 32.5 Å². The van der Waals surface area contributed by atoms with Gasteiger partial charge >= 0.3 is 0 Å². The maximum atomic E-state index is 12.4. The van der Waals surface area contributed by atoms with Crippen molar-refractivity contribution < 1.29 is 14.5 Å². The topological polar surface area (TPSA) is 112 Å². The summed E-state index contributed by atoms with van der Waals surface area (Å²) < 4.78 is 5.11. The molecule has 1 saturated heterocycles. The van der Waals surface area contributed by atoms with Gasteiger partial charge in [-0.25, -0.2) is 4.98 Å². The summed E-state index contributed by atoms with van der Waals surface area (Å²) in [5.74, 6) is 0.154. The summed E-state index contributed by atoms with van der Waals surface area (Å²) in [5.41, 5.74) is 5.22. The highest BCUT2D eigenvalue weighted by molar-refractivity contribution is 5.98. The highest BCUT2D eigenvalue weighted by Crippen LogP contribution is 2.24. The number of ether oxygens (including phenoxy) is 1. The van der Waals surface area contributed by atoms with Gasteiger partial charge in [0, 0.05) is 26.8 Å². The van der Waals surface area contributed by atoms with E-state index in [0.717, 1.165) is 19.0 Å². The Labute approximate surface area is 122 Å². The smallest absolute Gasteiger partial charge is 0.300 e. The van der Waals surface area contributed by atoms with Crippen molar-refractivity contribution >= 4 is 17.4 Å². The third-order valence-electron chi connectivity index (χ3n) is 3.64. The largest absolute Gasteiger partial charge is 0.384 e. The van der Waals surface area contributed by atoms with Crippen LogP contribution in [0.4, 0.5) is 11.5 Å². The molecular formula is C13H18N4O4. The Morgan fingerprint density at radius 1 is 1.57 bits per heavy atom. The van der Waals surface area contributed by atoms with E-state index in [-0.39, 0.29) is 23.0 Å². The highest BCUT2D eigenvalue weighted by atomic mass is 16.6. The van der Waals surface area contributed by atoms with Gasteiger partial charge in [0.2, 0.25) is 0 Å². The quantitative estimate of drug-likeness (QED) is 0.656. The minimum atomic E-state index is -0.614. The summed E-state index contributed by atoms with van der Waals surface area (Å²) in [6, 6.07) is 1.27. The standard InChI is InChI=1S/C13H18N4O4/c1-21-8-9-2-4-16(5-3-9)13(18)10-6-12(14)15-7-11(10)17(19)20/h6-7,9H,2-5,8H2,1H3,(H2,14,15). The van der Waals surface area contributed by atoms with Crippen LogP contribution in [0.1, 0.15) is 23.2 Å². The van der Waals surface area contributed by atoms with E-state index in [1.54, 1.807) is 12.0 Å². The molecule has 0 bridgehead atoms. The Morgan fingerprint density at radius 2 is 2.24 bits per heavy atom. The van der Waals surface area contributed by atoms with Crippen molar-refractivity contribution in [3.05, 3.63) is 27.9 Å². The minimum Gasteiger partial charge on any atom is -0.384 e. The van der Waals surface area contributed by atoms with Crippen LogP contribution in [0.2, 0.25) is 0 Å². The van der Waals surface area contributed by atoms with Gasteiger partial charge in [-0.15, -0.1) is 0 Å². The normalized spacial score (nSPS) is 16.0. The molecule has 2 rings (SSSR count). The van der Waals surface area contributed by atoms with Crippen LogP contribution in [-0.4, -0.2) is 47.5 Å². The molecule has 8 heteroatoms. The number of hydrogen-bond donors (Lipinski definition) is 1. The zero-order chi connectivity index (χ0) is 15.4. The molecule has 0 radical (unpaired) electrons. The molecule has 0 unspecified atom stereocenters. The van der Waals surface area contributed by atoms with Gasteiger partial charge in [-0.05, 0) is 24.8 Å². The number of nitrogens with two attached hydrogens (primary N) is 1. The van der Waals surface area contributed by atoms with E-state index in [1.165, 1.54) is 6.07 Å². The number of hydrogen-bond acceptors (Lipinski definition) is 6. The first kappa shape index (κ1) is 15.2. The summed E-state index contributed by atoms with van der Waals surface area (Å²) >= 11 is 0. The van der Waals surface area contributed by atoms with Gasteiger partial charge in [-0.2, -0.15) is 0 Å². The molecule has 1 amide bonds. The van der Waals surface area contributed by atoms with Gasteiger partial charge in [0.15, 0.2) is 0 Å². The number of rotatable bonds is 4. The van der Waals surface area contributed by atoms with E-state index in [1.807, 2.05) is 0 Å². The number of anilines is 1. The number of piperidine rings is 1. The van der Waals surface area contributed by atoms with E-state index in [2.05, 4.69) is 4.98 Å². The van der Waals surface area contributed by atoms with Gasteiger partial charge < -0.3 is 15.4 Å². The Hall–Kier alpha value is -2.22. The summed E-state index contributed by atoms with van der Waals surface area (Å²) in [6.07, 6.45) is 2.68. The molecule has 21 heavy (non-hydrogen) atoms. The van der Waals surface area contributed by atoms with Crippen LogP contribution in [0.15, 0.2) is 12.3 Å². The predicted octanol–water partition coefficient (Wildman–Crippen LogP) is 1.07. The molecule has 2 N–H and O–H groups in total. The predicted molar refractivity (Wildman–Crippen MR) is 75.8 cm³/mol. The molecule has 0 atom stereocenters. The molecule has 0 saturated carbocycles. The zero-order valence-electron chi connectivity index (χ0n) is 11.8. The molecular weight excluding hydrogens is 276 g/mol. The monoisotopic (exact) mass is 294 g/mol. The SMILES string of the molecule is COCC1CCN(C(=O)c2cc(N)ncc2[N+](=O)[O-])CC1. The van der Waals surface area contributed by atoms with E-state index < -0.39 is 4.92 Å². The number of amides is 1. The lowest BCUT2D eigenvalue weighted by Gasteiger charge is -2.31. The van der Waals surface area contributed by atoms with Crippen LogP contribution in [0.25, 0.3) is 0 Å². The fraction of sp³-hybridized carbons (Fsp3) is 0.538. The van der Waals surface area contributed by atoms with Crippen LogP contribution < -0.4 is 5.73 Å². The lowest BCUT2D eigenvalue weighted by molar-refractivity contribution is -0.385. The molecule has 8 nitrogen and oxygen atoms in total. The molecule has 0 spiro atoms. The van der Waals surface area contributed by atoms with Gasteiger partial charge in [-0.1, -0.05) is 0 Å². The van der Waals surface area contributed by atoms with Crippen molar-refractivity contribution in [2.45, 2.75) is 12.8 Å². The maximum Gasteiger partial charge on any atom is 0.300 e. The minimum absolute atomic E-state index is 0.00214. The summed E-state index contributed by atoms with van der Waals surface area (Å²) in [6.45, 7) is 1.79. The Balaban J connectivity index is 2.14. The molecule has 0 aliphatic carbocycles. The van der Waals surface area contributed by atoms with Crippen LogP contribution in [0, 0.1) is 16.0 Å². The number of likely N-dealkylation sites (tertiary alicyclic amines) is 1. The maximum absolute atomic E-state index is 12.4. The molecule has 2 heterocycles. The number of aromatic nitrogens is 1. The van der Waals surface area contributed by atoms with Crippen molar-refractivity contribution in [2.24, 2.45) is 5.92 Å². The van der Waals surface area contributed by atoms with Crippen LogP contribution in [0.3, 0.4) is 0 Å². The van der Waals surface area contributed by atoms with Gasteiger partial charge in [0.1, 0.15) is 17.6 Å². The summed E-state index contributed by atoms with van der Waals surface area (Å²) in [7, 11) is 1.65. The summed E-state index contributed by atoms with van der Waals surface area (Å²) in [5, 5.41) is 11.0. The number of methoxy groups -OCH3 is 1. The first-order valence-electron chi connectivity index (χ1n) is 6.71. The fourth-order valence-corrected chi connectivity index (χ4v) is 2.49. The number of nitrogens with zero attached hydrogens (tertiary/aromatic N) is 3. The number of carbonyl (C=O) groups excluding carboxylic acids is 1. The first-order chi connectivity index (χ1) is 10.0. The molecule has 1 aliphatic rings. The molecule has 1 aromatic rings.